The van der Waals surface area contributed by atoms with E-state index >= 15 is 0 Å². The summed E-state index contributed by atoms with van der Waals surface area (Å²) in [6.45, 7) is 12.1. The Hall–Kier alpha value is -1.94. The predicted molar refractivity (Wildman–Crippen MR) is 432 cm³/mol. The molecule has 6 atom stereocenters. The summed E-state index contributed by atoms with van der Waals surface area (Å²) in [6, 6.07) is 0. The molecule has 19 heteroatoms. The number of phosphoric acid groups is 2. The van der Waals surface area contributed by atoms with Gasteiger partial charge in [0.05, 0.1) is 26.4 Å². The molecule has 0 radical (unpaired) electrons. The second kappa shape index (κ2) is 76.1. The topological polar surface area (TPSA) is 237 Å². The fourth-order valence-electron chi connectivity index (χ4n) is 13.3. The third-order valence-electron chi connectivity index (χ3n) is 20.5. The molecule has 0 saturated heterocycles. The van der Waals surface area contributed by atoms with Crippen LogP contribution in [0.5, 0.6) is 0 Å². The minimum absolute atomic E-state index is 0.107. The number of phosphoric ester groups is 2. The number of esters is 4. The Morgan fingerprint density at radius 3 is 0.724 bits per heavy atom. The Kier molecular flexibility index (Phi) is 74.7. The largest absolute Gasteiger partial charge is 0.472 e. The van der Waals surface area contributed by atoms with Crippen molar-refractivity contribution in [3.05, 3.63) is 0 Å². The maximum atomic E-state index is 13.1. The van der Waals surface area contributed by atoms with Gasteiger partial charge in [-0.05, 0) is 43.4 Å². The molecule has 17 nitrogen and oxygen atoms in total. The van der Waals surface area contributed by atoms with Crippen molar-refractivity contribution in [2.24, 2.45) is 17.8 Å². The molecule has 105 heavy (non-hydrogen) atoms. The van der Waals surface area contributed by atoms with Crippen molar-refractivity contribution in [1.29, 1.82) is 0 Å². The van der Waals surface area contributed by atoms with Gasteiger partial charge in [-0.2, -0.15) is 0 Å². The number of carbonyl (C=O) groups excluding carboxylic acids is 4. The van der Waals surface area contributed by atoms with Crippen LogP contribution < -0.4 is 0 Å². The minimum atomic E-state index is -4.97. The van der Waals surface area contributed by atoms with Gasteiger partial charge in [-0.3, -0.25) is 37.3 Å². The molecule has 0 aliphatic heterocycles. The molecule has 0 amide bonds. The summed E-state index contributed by atoms with van der Waals surface area (Å²) in [5, 5.41) is 10.7. The van der Waals surface area contributed by atoms with Crippen LogP contribution in [0.3, 0.4) is 0 Å². The average molecular weight is 1540 g/mol. The molecule has 0 heterocycles. The molecule has 0 bridgehead atoms. The van der Waals surface area contributed by atoms with Crippen LogP contribution in [0.15, 0.2) is 0 Å². The monoisotopic (exact) mass is 1540 g/mol. The molecule has 0 fully saturated rings. The summed E-state index contributed by atoms with van der Waals surface area (Å²) >= 11 is 0. The zero-order valence-corrected chi connectivity index (χ0v) is 71.0. The summed E-state index contributed by atoms with van der Waals surface area (Å²) in [7, 11) is -9.93. The van der Waals surface area contributed by atoms with Crippen LogP contribution in [-0.2, 0) is 65.4 Å². The molecule has 0 aromatic carbocycles. The van der Waals surface area contributed by atoms with Gasteiger partial charge in [0.25, 0.3) is 0 Å². The lowest BCUT2D eigenvalue weighted by Crippen LogP contribution is -2.30. The quantitative estimate of drug-likeness (QED) is 0.0222. The smallest absolute Gasteiger partial charge is 0.462 e. The molecular weight excluding hydrogens is 1370 g/mol. The van der Waals surface area contributed by atoms with Crippen molar-refractivity contribution < 1.29 is 80.2 Å². The predicted octanol–water partition coefficient (Wildman–Crippen LogP) is 26.1. The fourth-order valence-corrected chi connectivity index (χ4v) is 14.9. The van der Waals surface area contributed by atoms with Gasteiger partial charge in [0, 0.05) is 25.7 Å². The van der Waals surface area contributed by atoms with Crippen LogP contribution in [0.25, 0.3) is 0 Å². The van der Waals surface area contributed by atoms with Crippen molar-refractivity contribution >= 4 is 39.5 Å². The molecule has 624 valence electrons. The molecule has 0 spiro atoms. The fraction of sp³-hybridized carbons (Fsp3) is 0.953. The average Bonchev–Trinajstić information content (AvgIpc) is 0.910. The zero-order valence-electron chi connectivity index (χ0n) is 69.2. The van der Waals surface area contributed by atoms with E-state index in [2.05, 4.69) is 48.5 Å². The number of unbranched alkanes of at least 4 members (excludes halogenated alkanes) is 51. The third-order valence-corrected chi connectivity index (χ3v) is 22.4. The van der Waals surface area contributed by atoms with Crippen LogP contribution in [0.2, 0.25) is 0 Å². The lowest BCUT2D eigenvalue weighted by Gasteiger charge is -2.21. The second-order valence-corrected chi connectivity index (χ2v) is 35.0. The van der Waals surface area contributed by atoms with E-state index in [9.17, 15) is 43.2 Å². The summed E-state index contributed by atoms with van der Waals surface area (Å²) in [6.07, 6.45) is 66.6. The van der Waals surface area contributed by atoms with Crippen molar-refractivity contribution in [3.63, 3.8) is 0 Å². The molecule has 0 saturated carbocycles. The van der Waals surface area contributed by atoms with Gasteiger partial charge in [-0.15, -0.1) is 0 Å². The van der Waals surface area contributed by atoms with Gasteiger partial charge < -0.3 is 33.8 Å². The Balaban J connectivity index is 5.22. The molecule has 0 aliphatic rings. The molecule has 3 N–H and O–H groups in total. The van der Waals surface area contributed by atoms with Gasteiger partial charge in [0.15, 0.2) is 12.2 Å². The van der Waals surface area contributed by atoms with Crippen molar-refractivity contribution in [2.75, 3.05) is 39.6 Å². The van der Waals surface area contributed by atoms with Gasteiger partial charge in [-0.25, -0.2) is 9.13 Å². The molecule has 0 aromatic heterocycles. The number of hydrogen-bond donors (Lipinski definition) is 3. The van der Waals surface area contributed by atoms with Gasteiger partial charge in [0.2, 0.25) is 0 Å². The maximum absolute atomic E-state index is 13.1. The number of rotatable bonds is 84. The Morgan fingerprint density at radius 1 is 0.276 bits per heavy atom. The highest BCUT2D eigenvalue weighted by atomic mass is 31.2. The number of aliphatic hydroxyl groups excluding tert-OH is 1. The first kappa shape index (κ1) is 103. The molecule has 0 aromatic rings. The van der Waals surface area contributed by atoms with Crippen molar-refractivity contribution in [3.8, 4) is 0 Å². The first-order valence-electron chi connectivity index (χ1n) is 44.4. The van der Waals surface area contributed by atoms with Crippen LogP contribution in [0.1, 0.15) is 453 Å². The highest BCUT2D eigenvalue weighted by molar-refractivity contribution is 7.47. The van der Waals surface area contributed by atoms with Crippen LogP contribution >= 0.6 is 15.6 Å². The lowest BCUT2D eigenvalue weighted by atomic mass is 9.99. The van der Waals surface area contributed by atoms with E-state index in [4.69, 9.17) is 37.0 Å². The molecule has 3 unspecified atom stereocenters. The normalized spacial score (nSPS) is 14.1. The number of carbonyl (C=O) groups is 4. The molecule has 0 aliphatic carbocycles. The van der Waals surface area contributed by atoms with Crippen molar-refractivity contribution in [2.45, 2.75) is 471 Å². The first-order valence-corrected chi connectivity index (χ1v) is 47.4. The number of hydrogen-bond acceptors (Lipinski definition) is 15. The van der Waals surface area contributed by atoms with Gasteiger partial charge in [-0.1, -0.05) is 402 Å². The molecule has 0 rings (SSSR count). The Morgan fingerprint density at radius 2 is 0.486 bits per heavy atom. The number of ether oxygens (including phenoxy) is 4. The van der Waals surface area contributed by atoms with E-state index in [1.165, 1.54) is 263 Å². The second-order valence-electron chi connectivity index (χ2n) is 32.1. The van der Waals surface area contributed by atoms with Crippen molar-refractivity contribution in [1.82, 2.24) is 0 Å². The Bertz CT molecular complexity index is 2030. The zero-order chi connectivity index (χ0) is 77.2. The summed E-state index contributed by atoms with van der Waals surface area (Å²) in [4.78, 5) is 73.2. The molecular formula is C86H168O17P2. The highest BCUT2D eigenvalue weighted by Crippen LogP contribution is 2.45. The first-order chi connectivity index (χ1) is 50.8. The summed E-state index contributed by atoms with van der Waals surface area (Å²) in [5.74, 6) is 0.344. The van der Waals surface area contributed by atoms with E-state index < -0.39 is 97.5 Å². The summed E-state index contributed by atoms with van der Waals surface area (Å²) in [5.41, 5.74) is 0. The van der Waals surface area contributed by atoms with E-state index in [0.717, 1.165) is 108 Å². The maximum Gasteiger partial charge on any atom is 0.472 e. The van der Waals surface area contributed by atoms with E-state index in [-0.39, 0.29) is 25.7 Å². The van der Waals surface area contributed by atoms with Gasteiger partial charge >= 0.3 is 39.5 Å². The lowest BCUT2D eigenvalue weighted by molar-refractivity contribution is -0.161. The SMILES string of the molecule is CCCCCCCCCCCCC(=O)OC[C@H](COP(=O)(O)OC[C@H](O)COP(=O)(O)OC[C@@H](COC(=O)CCCCCCCCCCCCCCCCCCC(C)C)OC(=O)CCCCCCCCCCCCCCCCCCCCC(C)CC)OC(=O)CCCCCCCCCCCCCC(C)C. The van der Waals surface area contributed by atoms with Crippen LogP contribution in [-0.4, -0.2) is 96.7 Å². The highest BCUT2D eigenvalue weighted by Gasteiger charge is 2.30. The van der Waals surface area contributed by atoms with Gasteiger partial charge in [0.1, 0.15) is 19.3 Å². The van der Waals surface area contributed by atoms with E-state index in [1.807, 2.05) is 0 Å². The van der Waals surface area contributed by atoms with E-state index in [0.29, 0.717) is 25.7 Å². The number of aliphatic hydroxyl groups is 1. The third kappa shape index (κ3) is 78.5. The van der Waals surface area contributed by atoms with Crippen LogP contribution in [0, 0.1) is 17.8 Å². The summed E-state index contributed by atoms with van der Waals surface area (Å²) < 4.78 is 68.9. The van der Waals surface area contributed by atoms with Crippen LogP contribution in [0.4, 0.5) is 0 Å². The standard InChI is InChI=1S/C86H168O17P2/c1-8-10-11-12-13-14-39-46-53-60-67-83(88)96-73-81(103-86(91)70-63-56-49-42-35-29-31-37-44-51-58-65-78(5)6)75-100-104(92,93)98-71-80(87)72-99-105(94,95)101-76-82(74-97-84(89)68-61-54-47-40-33-27-23-20-19-21-25-30-36-43-50-57-64-77(3)4)102-85(90)69-62-55-48-41-34-28-24-18-16-15-17-22-26-32-38-45-52-59-66-79(7)9-2/h77-82,87H,8-76H2,1-7H3,(H,92,93)(H,94,95)/t79?,80-,81+,82+/m0/s1. The Labute approximate surface area is 645 Å². The minimum Gasteiger partial charge on any atom is -0.462 e. The van der Waals surface area contributed by atoms with E-state index in [1.54, 1.807) is 0 Å².